The minimum Gasteiger partial charge on any atom is -0.487 e. The molecular formula is C13H15NO6. The van der Waals surface area contributed by atoms with Crippen molar-refractivity contribution in [3.63, 3.8) is 0 Å². The molecule has 0 aliphatic carbocycles. The Labute approximate surface area is 115 Å². The summed E-state index contributed by atoms with van der Waals surface area (Å²) in [5.74, 6) is -0.748. The van der Waals surface area contributed by atoms with Crippen LogP contribution in [0.5, 0.6) is 5.75 Å². The van der Waals surface area contributed by atoms with Crippen LogP contribution in [-0.2, 0) is 9.53 Å². The molecule has 0 saturated heterocycles. The van der Waals surface area contributed by atoms with Crippen LogP contribution in [0.15, 0.2) is 18.2 Å². The van der Waals surface area contributed by atoms with Gasteiger partial charge in [0.05, 0.1) is 25.1 Å². The minimum atomic E-state index is -0.609. The summed E-state index contributed by atoms with van der Waals surface area (Å²) in [6.45, 7) is 2.00. The van der Waals surface area contributed by atoms with E-state index in [2.05, 4.69) is 4.74 Å². The smallest absolute Gasteiger partial charge is 0.311 e. The van der Waals surface area contributed by atoms with Crippen LogP contribution in [0.4, 0.5) is 5.69 Å². The number of hydrogen-bond acceptors (Lipinski definition) is 6. The molecular weight excluding hydrogens is 266 g/mol. The number of carbonyl (C=O) groups is 2. The van der Waals surface area contributed by atoms with E-state index in [1.54, 1.807) is 6.92 Å². The predicted octanol–water partition coefficient (Wildman–Crippen LogP) is 2.13. The number of nitro groups is 1. The molecule has 7 nitrogen and oxygen atoms in total. The second-order valence-corrected chi connectivity index (χ2v) is 3.87. The maximum absolute atomic E-state index is 11.8. The fourth-order valence-electron chi connectivity index (χ4n) is 1.57. The molecule has 0 fully saturated rings. The highest BCUT2D eigenvalue weighted by Gasteiger charge is 2.19. The first-order valence-corrected chi connectivity index (χ1v) is 6.00. The quantitative estimate of drug-likeness (QED) is 0.329. The van der Waals surface area contributed by atoms with E-state index in [9.17, 15) is 19.7 Å². The highest BCUT2D eigenvalue weighted by molar-refractivity contribution is 5.98. The number of ketones is 1. The number of rotatable bonds is 7. The number of carbonyl (C=O) groups excluding carboxylic acids is 2. The summed E-state index contributed by atoms with van der Waals surface area (Å²) >= 11 is 0. The molecule has 20 heavy (non-hydrogen) atoms. The van der Waals surface area contributed by atoms with Crippen molar-refractivity contribution in [1.29, 1.82) is 0 Å². The summed E-state index contributed by atoms with van der Waals surface area (Å²) in [5, 5.41) is 10.9. The summed E-state index contributed by atoms with van der Waals surface area (Å²) in [5.41, 5.74) is -0.0974. The molecule has 0 N–H and O–H groups in total. The lowest BCUT2D eigenvalue weighted by Crippen LogP contribution is -2.07. The molecule has 1 rings (SSSR count). The Bertz CT molecular complexity index is 526. The largest absolute Gasteiger partial charge is 0.487 e. The van der Waals surface area contributed by atoms with Crippen molar-refractivity contribution in [3.8, 4) is 5.75 Å². The number of nitrogens with zero attached hydrogens (tertiary/aromatic N) is 1. The van der Waals surface area contributed by atoms with Crippen LogP contribution in [0.3, 0.4) is 0 Å². The minimum absolute atomic E-state index is 0.0577. The van der Waals surface area contributed by atoms with E-state index >= 15 is 0 Å². The van der Waals surface area contributed by atoms with E-state index in [1.807, 2.05) is 0 Å². The van der Waals surface area contributed by atoms with Gasteiger partial charge in [0, 0.05) is 18.1 Å². The topological polar surface area (TPSA) is 95.7 Å². The van der Waals surface area contributed by atoms with E-state index in [4.69, 9.17) is 4.74 Å². The van der Waals surface area contributed by atoms with E-state index in [0.717, 1.165) is 6.07 Å². The van der Waals surface area contributed by atoms with Gasteiger partial charge in [-0.25, -0.2) is 0 Å². The van der Waals surface area contributed by atoms with Crippen molar-refractivity contribution in [2.45, 2.75) is 19.8 Å². The summed E-state index contributed by atoms with van der Waals surface area (Å²) < 4.78 is 9.55. The van der Waals surface area contributed by atoms with Gasteiger partial charge in [-0.3, -0.25) is 19.7 Å². The Morgan fingerprint density at radius 1 is 1.30 bits per heavy atom. The number of Topliss-reactive ketones (excluding diaryl/α,β-unsaturated/α-hetero) is 1. The number of esters is 1. The highest BCUT2D eigenvalue weighted by atomic mass is 16.6. The molecule has 0 atom stereocenters. The van der Waals surface area contributed by atoms with Crippen LogP contribution in [-0.4, -0.2) is 30.4 Å². The van der Waals surface area contributed by atoms with E-state index in [1.165, 1.54) is 19.2 Å². The molecule has 0 amide bonds. The van der Waals surface area contributed by atoms with Gasteiger partial charge in [0.2, 0.25) is 0 Å². The number of ether oxygens (including phenoxy) is 2. The van der Waals surface area contributed by atoms with Gasteiger partial charge in [-0.2, -0.15) is 0 Å². The van der Waals surface area contributed by atoms with E-state index < -0.39 is 10.9 Å². The summed E-state index contributed by atoms with van der Waals surface area (Å²) in [7, 11) is 1.23. The standard InChI is InChI=1S/C13H15NO6/c1-3-20-12-6-4-9(8-10(12)14(17)18)11(15)5-7-13(16)19-2/h4,6,8H,3,5,7H2,1-2H3. The number of methoxy groups -OCH3 is 1. The molecule has 0 radical (unpaired) electrons. The maximum atomic E-state index is 11.8. The third-order valence-corrected chi connectivity index (χ3v) is 2.56. The Balaban J connectivity index is 2.91. The zero-order valence-electron chi connectivity index (χ0n) is 11.3. The third kappa shape index (κ3) is 4.04. The second kappa shape index (κ2) is 7.22. The van der Waals surface area contributed by atoms with Gasteiger partial charge in [-0.15, -0.1) is 0 Å². The van der Waals surface area contributed by atoms with Gasteiger partial charge >= 0.3 is 11.7 Å². The van der Waals surface area contributed by atoms with E-state index in [-0.39, 0.29) is 42.2 Å². The molecule has 1 aromatic carbocycles. The second-order valence-electron chi connectivity index (χ2n) is 3.87. The van der Waals surface area contributed by atoms with Gasteiger partial charge in [-0.1, -0.05) is 0 Å². The molecule has 0 aliphatic heterocycles. The van der Waals surface area contributed by atoms with Crippen molar-refractivity contribution in [2.75, 3.05) is 13.7 Å². The molecule has 0 heterocycles. The zero-order valence-corrected chi connectivity index (χ0v) is 11.3. The summed E-state index contributed by atoms with van der Waals surface area (Å²) in [4.78, 5) is 33.1. The molecule has 0 bridgehead atoms. The van der Waals surface area contributed by atoms with Gasteiger partial charge in [0.15, 0.2) is 11.5 Å². The molecule has 0 aliphatic rings. The van der Waals surface area contributed by atoms with Gasteiger partial charge in [0.25, 0.3) is 0 Å². The lowest BCUT2D eigenvalue weighted by atomic mass is 10.1. The molecule has 108 valence electrons. The molecule has 0 unspecified atom stereocenters. The van der Waals surface area contributed by atoms with Gasteiger partial charge < -0.3 is 9.47 Å². The number of nitro benzene ring substituents is 1. The lowest BCUT2D eigenvalue weighted by molar-refractivity contribution is -0.385. The average Bonchev–Trinajstić information content (AvgIpc) is 2.44. The van der Waals surface area contributed by atoms with Crippen LogP contribution >= 0.6 is 0 Å². The van der Waals surface area contributed by atoms with Crippen LogP contribution in [0, 0.1) is 10.1 Å². The maximum Gasteiger partial charge on any atom is 0.311 e. The van der Waals surface area contributed by atoms with Crippen LogP contribution < -0.4 is 4.74 Å². The Morgan fingerprint density at radius 3 is 2.55 bits per heavy atom. The first kappa shape index (κ1) is 15.6. The van der Waals surface area contributed by atoms with Crippen LogP contribution in [0.1, 0.15) is 30.1 Å². The Kier molecular flexibility index (Phi) is 5.64. The SMILES string of the molecule is CCOc1ccc(C(=O)CCC(=O)OC)cc1[N+](=O)[O-]. The van der Waals surface area contributed by atoms with Gasteiger partial charge in [0.1, 0.15) is 0 Å². The molecule has 0 saturated carbocycles. The fraction of sp³-hybridized carbons (Fsp3) is 0.385. The Hall–Kier alpha value is -2.44. The molecule has 1 aromatic rings. The monoisotopic (exact) mass is 281 g/mol. The summed E-state index contributed by atoms with van der Waals surface area (Å²) in [6, 6.07) is 3.98. The molecule has 7 heteroatoms. The molecule has 0 aromatic heterocycles. The lowest BCUT2D eigenvalue weighted by Gasteiger charge is -2.06. The summed E-state index contributed by atoms with van der Waals surface area (Å²) in [6.07, 6.45) is -0.117. The van der Waals surface area contributed by atoms with Gasteiger partial charge in [-0.05, 0) is 19.1 Å². The van der Waals surface area contributed by atoms with E-state index in [0.29, 0.717) is 0 Å². The zero-order chi connectivity index (χ0) is 15.1. The first-order chi connectivity index (χ1) is 9.49. The predicted molar refractivity (Wildman–Crippen MR) is 69.8 cm³/mol. The Morgan fingerprint density at radius 2 is 2.00 bits per heavy atom. The van der Waals surface area contributed by atoms with Crippen molar-refractivity contribution in [2.24, 2.45) is 0 Å². The first-order valence-electron chi connectivity index (χ1n) is 6.00. The molecule has 0 spiro atoms. The average molecular weight is 281 g/mol. The normalized spacial score (nSPS) is 9.90. The fourth-order valence-corrected chi connectivity index (χ4v) is 1.57. The van der Waals surface area contributed by atoms with Crippen LogP contribution in [0.2, 0.25) is 0 Å². The number of benzene rings is 1. The van der Waals surface area contributed by atoms with Crippen molar-refractivity contribution < 1.29 is 24.0 Å². The number of hydrogen-bond donors (Lipinski definition) is 0. The van der Waals surface area contributed by atoms with Crippen molar-refractivity contribution in [1.82, 2.24) is 0 Å². The van der Waals surface area contributed by atoms with Crippen molar-refractivity contribution >= 4 is 17.4 Å². The van der Waals surface area contributed by atoms with Crippen molar-refractivity contribution in [3.05, 3.63) is 33.9 Å². The third-order valence-electron chi connectivity index (χ3n) is 2.56. The van der Waals surface area contributed by atoms with Crippen LogP contribution in [0.25, 0.3) is 0 Å². The highest BCUT2D eigenvalue weighted by Crippen LogP contribution is 2.28.